The summed E-state index contributed by atoms with van der Waals surface area (Å²) in [6.45, 7) is 8.98. The van der Waals surface area contributed by atoms with E-state index in [2.05, 4.69) is 32.4 Å². The van der Waals surface area contributed by atoms with E-state index in [-0.39, 0.29) is 5.91 Å². The molecule has 0 radical (unpaired) electrons. The molecule has 7 nitrogen and oxygen atoms in total. The SMILES string of the molecule is CCN1CCCC1CNC(=O)c1cc(-c2c(C)nn(C)c2C)n[nH]1. The predicted molar refractivity (Wildman–Crippen MR) is 92.9 cm³/mol. The second-order valence-electron chi connectivity index (χ2n) is 6.47. The van der Waals surface area contributed by atoms with Gasteiger partial charge in [0, 0.05) is 30.9 Å². The Bertz CT molecular complexity index is 732. The first-order valence-corrected chi connectivity index (χ1v) is 8.59. The van der Waals surface area contributed by atoms with Gasteiger partial charge in [-0.05, 0) is 45.8 Å². The van der Waals surface area contributed by atoms with Gasteiger partial charge in [-0.25, -0.2) is 0 Å². The van der Waals surface area contributed by atoms with Crippen LogP contribution in [0.25, 0.3) is 11.3 Å². The number of likely N-dealkylation sites (N-methyl/N-ethyl adjacent to an activating group) is 1. The molecular formula is C17H26N6O. The Hall–Kier alpha value is -2.15. The summed E-state index contributed by atoms with van der Waals surface area (Å²) in [5.41, 5.74) is 4.20. The molecule has 2 aromatic heterocycles. The smallest absolute Gasteiger partial charge is 0.269 e. The molecule has 0 bridgehead atoms. The normalized spacial score (nSPS) is 18.2. The number of carbonyl (C=O) groups excluding carboxylic acids is 1. The van der Waals surface area contributed by atoms with Crippen molar-refractivity contribution >= 4 is 5.91 Å². The van der Waals surface area contributed by atoms with Gasteiger partial charge >= 0.3 is 0 Å². The third-order valence-electron chi connectivity index (χ3n) is 4.99. The number of likely N-dealkylation sites (tertiary alicyclic amines) is 1. The highest BCUT2D eigenvalue weighted by Gasteiger charge is 2.24. The molecular weight excluding hydrogens is 304 g/mol. The second-order valence-corrected chi connectivity index (χ2v) is 6.47. The Kier molecular flexibility index (Phi) is 4.71. The van der Waals surface area contributed by atoms with Crippen LogP contribution in [0.3, 0.4) is 0 Å². The number of amides is 1. The van der Waals surface area contributed by atoms with Crippen molar-refractivity contribution in [2.75, 3.05) is 19.6 Å². The molecule has 1 fully saturated rings. The van der Waals surface area contributed by atoms with E-state index in [9.17, 15) is 4.79 Å². The molecule has 0 spiro atoms. The van der Waals surface area contributed by atoms with Crippen molar-refractivity contribution < 1.29 is 4.79 Å². The number of aromatic amines is 1. The molecule has 1 amide bonds. The molecule has 1 atom stereocenters. The predicted octanol–water partition coefficient (Wildman–Crippen LogP) is 1.64. The number of nitrogens with one attached hydrogen (secondary N) is 2. The molecule has 0 saturated carbocycles. The Labute approximate surface area is 142 Å². The quantitative estimate of drug-likeness (QED) is 0.873. The van der Waals surface area contributed by atoms with Gasteiger partial charge in [0.2, 0.25) is 0 Å². The number of nitrogens with zero attached hydrogens (tertiary/aromatic N) is 4. The topological polar surface area (TPSA) is 78.8 Å². The third-order valence-corrected chi connectivity index (χ3v) is 4.99. The molecule has 2 aromatic rings. The summed E-state index contributed by atoms with van der Waals surface area (Å²) in [6, 6.07) is 2.25. The highest BCUT2D eigenvalue weighted by molar-refractivity contribution is 5.93. The fourth-order valence-corrected chi connectivity index (χ4v) is 3.56. The average Bonchev–Trinajstić information content (AvgIpc) is 3.25. The molecule has 2 N–H and O–H groups in total. The molecule has 0 aliphatic carbocycles. The van der Waals surface area contributed by atoms with Gasteiger partial charge in [0.05, 0.1) is 11.4 Å². The van der Waals surface area contributed by atoms with E-state index in [1.165, 1.54) is 6.42 Å². The highest BCUT2D eigenvalue weighted by atomic mass is 16.1. The summed E-state index contributed by atoms with van der Waals surface area (Å²) >= 11 is 0. The van der Waals surface area contributed by atoms with Crippen molar-refractivity contribution in [3.05, 3.63) is 23.1 Å². The van der Waals surface area contributed by atoms with Crippen LogP contribution in [0, 0.1) is 13.8 Å². The van der Waals surface area contributed by atoms with Crippen LogP contribution in [0.1, 0.15) is 41.6 Å². The first-order chi connectivity index (χ1) is 11.5. The van der Waals surface area contributed by atoms with Crippen LogP contribution >= 0.6 is 0 Å². The lowest BCUT2D eigenvalue weighted by Gasteiger charge is -2.22. The van der Waals surface area contributed by atoms with Crippen LogP contribution in [0.15, 0.2) is 6.07 Å². The average molecular weight is 330 g/mol. The number of aromatic nitrogens is 4. The van der Waals surface area contributed by atoms with E-state index in [1.54, 1.807) is 6.07 Å². The minimum absolute atomic E-state index is 0.101. The summed E-state index contributed by atoms with van der Waals surface area (Å²) in [5, 5.41) is 14.6. The lowest BCUT2D eigenvalue weighted by molar-refractivity contribution is 0.0936. The number of hydrogen-bond acceptors (Lipinski definition) is 4. The Morgan fingerprint density at radius 1 is 1.46 bits per heavy atom. The van der Waals surface area contributed by atoms with Gasteiger partial charge in [0.1, 0.15) is 5.69 Å². The van der Waals surface area contributed by atoms with Gasteiger partial charge in [-0.2, -0.15) is 10.2 Å². The van der Waals surface area contributed by atoms with Crippen LogP contribution in [0.5, 0.6) is 0 Å². The van der Waals surface area contributed by atoms with Gasteiger partial charge in [-0.15, -0.1) is 0 Å². The van der Waals surface area contributed by atoms with Gasteiger partial charge in [0.25, 0.3) is 5.91 Å². The van der Waals surface area contributed by atoms with Gasteiger partial charge in [0.15, 0.2) is 0 Å². The summed E-state index contributed by atoms with van der Waals surface area (Å²) < 4.78 is 1.83. The standard InChI is InChI=1S/C17H26N6O/c1-5-23-8-6-7-13(23)10-18-17(24)15-9-14(19-20-15)16-11(2)21-22(4)12(16)3/h9,13H,5-8,10H2,1-4H3,(H,18,24)(H,19,20). The number of carbonyl (C=O) groups is 1. The zero-order valence-corrected chi connectivity index (χ0v) is 14.9. The van der Waals surface area contributed by atoms with Crippen molar-refractivity contribution in [3.63, 3.8) is 0 Å². The lowest BCUT2D eigenvalue weighted by Crippen LogP contribution is -2.40. The van der Waals surface area contributed by atoms with E-state index in [0.717, 1.165) is 42.2 Å². The summed E-state index contributed by atoms with van der Waals surface area (Å²) in [7, 11) is 1.91. The maximum Gasteiger partial charge on any atom is 0.269 e. The zero-order valence-electron chi connectivity index (χ0n) is 14.9. The van der Waals surface area contributed by atoms with E-state index in [4.69, 9.17) is 0 Å². The van der Waals surface area contributed by atoms with Crippen molar-refractivity contribution in [2.45, 2.75) is 39.7 Å². The van der Waals surface area contributed by atoms with Crippen molar-refractivity contribution in [2.24, 2.45) is 7.05 Å². The van der Waals surface area contributed by atoms with Crippen molar-refractivity contribution in [3.8, 4) is 11.3 Å². The van der Waals surface area contributed by atoms with E-state index < -0.39 is 0 Å². The number of rotatable bonds is 5. The van der Waals surface area contributed by atoms with Gasteiger partial charge in [-0.3, -0.25) is 19.5 Å². The molecule has 1 aliphatic heterocycles. The van der Waals surface area contributed by atoms with Crippen molar-refractivity contribution in [1.82, 2.24) is 30.2 Å². The molecule has 3 heterocycles. The fraction of sp³-hybridized carbons (Fsp3) is 0.588. The van der Waals surface area contributed by atoms with Crippen LogP contribution in [0.4, 0.5) is 0 Å². The second kappa shape index (κ2) is 6.76. The summed E-state index contributed by atoms with van der Waals surface area (Å²) in [4.78, 5) is 14.8. The van der Waals surface area contributed by atoms with Crippen LogP contribution in [-0.4, -0.2) is 56.5 Å². The molecule has 1 unspecified atom stereocenters. The van der Waals surface area contributed by atoms with Gasteiger partial charge in [-0.1, -0.05) is 6.92 Å². The van der Waals surface area contributed by atoms with Crippen LogP contribution in [-0.2, 0) is 7.05 Å². The Balaban J connectivity index is 1.68. The first kappa shape index (κ1) is 16.7. The highest BCUT2D eigenvalue weighted by Crippen LogP contribution is 2.25. The van der Waals surface area contributed by atoms with Crippen LogP contribution < -0.4 is 5.32 Å². The largest absolute Gasteiger partial charge is 0.349 e. The summed E-state index contributed by atoms with van der Waals surface area (Å²) in [5.74, 6) is -0.101. The third kappa shape index (κ3) is 3.08. The maximum absolute atomic E-state index is 12.4. The number of H-pyrrole nitrogens is 1. The first-order valence-electron chi connectivity index (χ1n) is 8.59. The monoisotopic (exact) mass is 330 g/mol. The molecule has 1 saturated heterocycles. The van der Waals surface area contributed by atoms with Gasteiger partial charge < -0.3 is 5.32 Å². The molecule has 24 heavy (non-hydrogen) atoms. The number of aryl methyl sites for hydroxylation is 2. The molecule has 130 valence electrons. The van der Waals surface area contributed by atoms with Crippen LogP contribution in [0.2, 0.25) is 0 Å². The molecule has 0 aromatic carbocycles. The minimum Gasteiger partial charge on any atom is -0.349 e. The maximum atomic E-state index is 12.4. The van der Waals surface area contributed by atoms with Crippen molar-refractivity contribution in [1.29, 1.82) is 0 Å². The van der Waals surface area contributed by atoms with E-state index in [1.807, 2.05) is 25.6 Å². The lowest BCUT2D eigenvalue weighted by atomic mass is 10.1. The summed E-state index contributed by atoms with van der Waals surface area (Å²) in [6.07, 6.45) is 2.36. The molecule has 3 rings (SSSR count). The molecule has 7 heteroatoms. The fourth-order valence-electron chi connectivity index (χ4n) is 3.56. The van der Waals surface area contributed by atoms with E-state index >= 15 is 0 Å². The zero-order chi connectivity index (χ0) is 17.3. The Morgan fingerprint density at radius 3 is 2.92 bits per heavy atom. The Morgan fingerprint density at radius 2 is 2.25 bits per heavy atom. The molecule has 1 aliphatic rings. The van der Waals surface area contributed by atoms with E-state index in [0.29, 0.717) is 18.3 Å². The number of hydrogen-bond donors (Lipinski definition) is 2. The minimum atomic E-state index is -0.101.